The Morgan fingerprint density at radius 2 is 2.14 bits per heavy atom. The van der Waals surface area contributed by atoms with E-state index >= 15 is 0 Å². The summed E-state index contributed by atoms with van der Waals surface area (Å²) in [5, 5.41) is 6.72. The SMILES string of the molecule is C=CC(=O)N1CCCC(NC(=O)c2sc3nccc4c3c2NC(=O)N4c2cnc(CC(C)C)cc2C)C1. The minimum absolute atomic E-state index is 0.140. The van der Waals surface area contributed by atoms with Crippen LogP contribution in [0.5, 0.6) is 0 Å². The van der Waals surface area contributed by atoms with Gasteiger partial charge in [-0.2, -0.15) is 0 Å². The van der Waals surface area contributed by atoms with Crippen LogP contribution in [0, 0.1) is 12.8 Å². The monoisotopic (exact) mass is 518 g/mol. The molecule has 0 spiro atoms. The van der Waals surface area contributed by atoms with Gasteiger partial charge >= 0.3 is 6.03 Å². The summed E-state index contributed by atoms with van der Waals surface area (Å²) in [5.74, 6) is 0.0542. The summed E-state index contributed by atoms with van der Waals surface area (Å²) in [4.78, 5) is 52.2. The highest BCUT2D eigenvalue weighted by Crippen LogP contribution is 2.46. The van der Waals surface area contributed by atoms with Crippen LogP contribution in [-0.4, -0.2) is 51.8 Å². The molecule has 0 aliphatic carbocycles. The molecule has 37 heavy (non-hydrogen) atoms. The van der Waals surface area contributed by atoms with Crippen LogP contribution in [0.1, 0.15) is 47.6 Å². The van der Waals surface area contributed by atoms with Crippen LogP contribution in [0.15, 0.2) is 37.2 Å². The third-order valence-corrected chi connectivity index (χ3v) is 7.79. The van der Waals surface area contributed by atoms with Gasteiger partial charge in [0.2, 0.25) is 5.91 Å². The van der Waals surface area contributed by atoms with E-state index in [-0.39, 0.29) is 23.9 Å². The lowest BCUT2D eigenvalue weighted by atomic mass is 10.0. The topological polar surface area (TPSA) is 108 Å². The molecule has 1 unspecified atom stereocenters. The Kier molecular flexibility index (Phi) is 6.68. The summed E-state index contributed by atoms with van der Waals surface area (Å²) in [5.41, 5.74) is 3.76. The molecule has 0 aromatic carbocycles. The molecule has 1 atom stereocenters. The van der Waals surface area contributed by atoms with E-state index in [1.165, 1.54) is 17.4 Å². The van der Waals surface area contributed by atoms with Crippen LogP contribution in [-0.2, 0) is 11.2 Å². The van der Waals surface area contributed by atoms with E-state index in [4.69, 9.17) is 0 Å². The maximum absolute atomic E-state index is 13.4. The maximum Gasteiger partial charge on any atom is 0.331 e. The summed E-state index contributed by atoms with van der Waals surface area (Å²) in [6, 6.07) is 3.28. The van der Waals surface area contributed by atoms with Crippen molar-refractivity contribution in [3.05, 3.63) is 53.3 Å². The number of likely N-dealkylation sites (tertiary alicyclic amines) is 1. The number of carbonyl (C=O) groups is 3. The summed E-state index contributed by atoms with van der Waals surface area (Å²) >= 11 is 1.25. The third-order valence-electron chi connectivity index (χ3n) is 6.69. The highest BCUT2D eigenvalue weighted by Gasteiger charge is 2.34. The zero-order valence-electron chi connectivity index (χ0n) is 21.2. The Morgan fingerprint density at radius 3 is 2.86 bits per heavy atom. The second-order valence-corrected chi connectivity index (χ2v) is 10.9. The second-order valence-electron chi connectivity index (χ2n) is 9.94. The molecule has 2 aliphatic heterocycles. The van der Waals surface area contributed by atoms with Crippen molar-refractivity contribution < 1.29 is 14.4 Å². The van der Waals surface area contributed by atoms with Crippen molar-refractivity contribution in [2.24, 2.45) is 5.92 Å². The standard InChI is InChI=1S/C27H30N6O3S/c1-5-21(34)32-10-6-7-17(14-32)30-25(35)24-23-22-19(8-9-28-26(22)37-24)33(27(36)31-23)20-13-29-18(11-15(2)3)12-16(20)4/h5,8-9,12-13,15,17H,1,6-7,10-11,14H2,2-4H3,(H,30,35)(H,31,36). The van der Waals surface area contributed by atoms with Gasteiger partial charge < -0.3 is 15.5 Å². The van der Waals surface area contributed by atoms with Crippen molar-refractivity contribution in [2.45, 2.75) is 46.1 Å². The normalized spacial score (nSPS) is 17.2. The molecule has 2 N–H and O–H groups in total. The van der Waals surface area contributed by atoms with Gasteiger partial charge in [0.05, 0.1) is 28.6 Å². The van der Waals surface area contributed by atoms with Crippen molar-refractivity contribution in [1.29, 1.82) is 0 Å². The number of nitrogens with one attached hydrogen (secondary N) is 2. The number of thiophene rings is 1. The highest BCUT2D eigenvalue weighted by atomic mass is 32.1. The van der Waals surface area contributed by atoms with Crippen LogP contribution in [0.25, 0.3) is 10.2 Å². The smallest absolute Gasteiger partial charge is 0.331 e. The predicted octanol–water partition coefficient (Wildman–Crippen LogP) is 4.79. The van der Waals surface area contributed by atoms with E-state index in [9.17, 15) is 14.4 Å². The number of carbonyl (C=O) groups excluding carboxylic acids is 3. The van der Waals surface area contributed by atoms with Gasteiger partial charge in [-0.1, -0.05) is 20.4 Å². The van der Waals surface area contributed by atoms with E-state index in [1.807, 2.05) is 13.0 Å². The molecule has 0 saturated carbocycles. The molecular formula is C27H30N6O3S. The first-order valence-electron chi connectivity index (χ1n) is 12.5. The molecule has 3 aromatic rings. The van der Waals surface area contributed by atoms with Gasteiger partial charge in [-0.15, -0.1) is 11.3 Å². The summed E-state index contributed by atoms with van der Waals surface area (Å²) in [6.45, 7) is 10.9. The minimum Gasteiger partial charge on any atom is -0.347 e. The fourth-order valence-corrected chi connectivity index (χ4v) is 6.05. The summed E-state index contributed by atoms with van der Waals surface area (Å²) in [6.07, 6.45) is 7.12. The Hall–Kier alpha value is -3.79. The van der Waals surface area contributed by atoms with E-state index < -0.39 is 0 Å². The molecular weight excluding hydrogens is 488 g/mol. The Morgan fingerprint density at radius 1 is 1.32 bits per heavy atom. The first kappa shape index (κ1) is 24.9. The molecule has 5 rings (SSSR count). The van der Waals surface area contributed by atoms with Gasteiger partial charge in [-0.25, -0.2) is 9.78 Å². The average Bonchev–Trinajstić information content (AvgIpc) is 3.24. The summed E-state index contributed by atoms with van der Waals surface area (Å²) < 4.78 is 0. The van der Waals surface area contributed by atoms with E-state index in [2.05, 4.69) is 41.0 Å². The van der Waals surface area contributed by atoms with Crippen LogP contribution < -0.4 is 15.5 Å². The van der Waals surface area contributed by atoms with E-state index in [1.54, 1.807) is 28.3 Å². The minimum atomic E-state index is -0.352. The molecule has 10 heteroatoms. The number of piperidine rings is 1. The molecule has 5 heterocycles. The Labute approximate surface area is 219 Å². The van der Waals surface area contributed by atoms with Crippen molar-refractivity contribution in [2.75, 3.05) is 23.3 Å². The number of aromatic nitrogens is 2. The number of rotatable bonds is 6. The van der Waals surface area contributed by atoms with Crippen LogP contribution in [0.2, 0.25) is 0 Å². The number of anilines is 3. The lowest BCUT2D eigenvalue weighted by Crippen LogP contribution is -2.49. The molecule has 1 fully saturated rings. The van der Waals surface area contributed by atoms with Crippen LogP contribution >= 0.6 is 11.3 Å². The molecule has 192 valence electrons. The number of amides is 4. The molecule has 3 aromatic heterocycles. The number of urea groups is 1. The highest BCUT2D eigenvalue weighted by molar-refractivity contribution is 7.21. The number of hydrogen-bond acceptors (Lipinski definition) is 6. The molecule has 0 bridgehead atoms. The molecule has 0 radical (unpaired) electrons. The zero-order chi connectivity index (χ0) is 26.3. The Balaban J connectivity index is 1.46. The number of pyridine rings is 2. The van der Waals surface area contributed by atoms with Gasteiger partial charge in [-0.3, -0.25) is 19.5 Å². The Bertz CT molecular complexity index is 1410. The van der Waals surface area contributed by atoms with Gasteiger partial charge in [0, 0.05) is 31.0 Å². The number of hydrogen-bond donors (Lipinski definition) is 2. The fourth-order valence-electron chi connectivity index (χ4n) is 5.03. The largest absolute Gasteiger partial charge is 0.347 e. The first-order chi connectivity index (χ1) is 17.8. The third kappa shape index (κ3) is 4.69. The molecule has 1 saturated heterocycles. The fraction of sp³-hybridized carbons (Fsp3) is 0.370. The molecule has 9 nitrogen and oxygen atoms in total. The molecule has 2 aliphatic rings. The van der Waals surface area contributed by atoms with E-state index in [0.29, 0.717) is 45.8 Å². The quantitative estimate of drug-likeness (QED) is 0.456. The maximum atomic E-state index is 13.4. The number of nitrogens with zero attached hydrogens (tertiary/aromatic N) is 4. The predicted molar refractivity (Wildman–Crippen MR) is 146 cm³/mol. The van der Waals surface area contributed by atoms with Crippen molar-refractivity contribution in [1.82, 2.24) is 20.2 Å². The average molecular weight is 519 g/mol. The summed E-state index contributed by atoms with van der Waals surface area (Å²) in [7, 11) is 0. The van der Waals surface area contributed by atoms with Gasteiger partial charge in [0.25, 0.3) is 5.91 Å². The van der Waals surface area contributed by atoms with Gasteiger partial charge in [0.15, 0.2) is 0 Å². The van der Waals surface area contributed by atoms with Crippen LogP contribution in [0.3, 0.4) is 0 Å². The second kappa shape index (κ2) is 9.93. The first-order valence-corrected chi connectivity index (χ1v) is 13.3. The molecule has 4 amide bonds. The van der Waals surface area contributed by atoms with Gasteiger partial charge in [0.1, 0.15) is 9.71 Å². The van der Waals surface area contributed by atoms with Crippen molar-refractivity contribution >= 4 is 56.5 Å². The van der Waals surface area contributed by atoms with Gasteiger partial charge in [-0.05, 0) is 55.9 Å². The van der Waals surface area contributed by atoms with Crippen LogP contribution in [0.4, 0.5) is 21.9 Å². The number of aryl methyl sites for hydroxylation is 1. The van der Waals surface area contributed by atoms with Crippen molar-refractivity contribution in [3.8, 4) is 0 Å². The van der Waals surface area contributed by atoms with Crippen molar-refractivity contribution in [3.63, 3.8) is 0 Å². The zero-order valence-corrected chi connectivity index (χ0v) is 22.0. The lowest BCUT2D eigenvalue weighted by molar-refractivity contribution is -0.127. The van der Waals surface area contributed by atoms with E-state index in [0.717, 1.165) is 35.9 Å². The lowest BCUT2D eigenvalue weighted by Gasteiger charge is -2.32.